The minimum Gasteiger partial charge on any atom is -0.384 e. The van der Waals surface area contributed by atoms with Gasteiger partial charge < -0.3 is 5.73 Å². The number of nitrogens with zero attached hydrogens (tertiary/aromatic N) is 2. The maximum absolute atomic E-state index is 5.99. The Balaban J connectivity index is 2.41. The first-order chi connectivity index (χ1) is 8.11. The van der Waals surface area contributed by atoms with Gasteiger partial charge in [0.25, 0.3) is 0 Å². The van der Waals surface area contributed by atoms with Crippen molar-refractivity contribution >= 4 is 5.82 Å². The van der Waals surface area contributed by atoms with Gasteiger partial charge in [-0.25, -0.2) is 4.68 Å². The maximum atomic E-state index is 5.99. The smallest absolute Gasteiger partial charge is 0.122 e. The molecule has 0 fully saturated rings. The molecule has 3 heteroatoms. The molecule has 2 rings (SSSR count). The lowest BCUT2D eigenvalue weighted by molar-refractivity contribution is 0.486. The fourth-order valence-corrected chi connectivity index (χ4v) is 1.88. The molecule has 2 aromatic rings. The van der Waals surface area contributed by atoms with Crippen LogP contribution in [0.15, 0.2) is 30.3 Å². The van der Waals surface area contributed by atoms with Crippen LogP contribution in [0, 0.1) is 6.92 Å². The molecule has 0 spiro atoms. The molecule has 0 saturated carbocycles. The van der Waals surface area contributed by atoms with E-state index in [-0.39, 0.29) is 0 Å². The Hall–Kier alpha value is -1.77. The zero-order chi connectivity index (χ0) is 12.4. The molecule has 90 valence electrons. The average molecular weight is 229 g/mol. The van der Waals surface area contributed by atoms with Crippen LogP contribution in [0.2, 0.25) is 0 Å². The van der Waals surface area contributed by atoms with Crippen LogP contribution in [-0.4, -0.2) is 9.78 Å². The second-order valence-electron chi connectivity index (χ2n) is 4.53. The van der Waals surface area contributed by atoms with Crippen LogP contribution >= 0.6 is 0 Å². The number of nitrogens with two attached hydrogens (primary N) is 1. The van der Waals surface area contributed by atoms with Crippen molar-refractivity contribution in [3.63, 3.8) is 0 Å². The van der Waals surface area contributed by atoms with Gasteiger partial charge in [0.15, 0.2) is 0 Å². The van der Waals surface area contributed by atoms with Crippen molar-refractivity contribution < 1.29 is 0 Å². The van der Waals surface area contributed by atoms with Gasteiger partial charge in [0.05, 0.1) is 11.7 Å². The van der Waals surface area contributed by atoms with E-state index in [1.807, 2.05) is 16.8 Å². The number of benzene rings is 1. The maximum Gasteiger partial charge on any atom is 0.122 e. The monoisotopic (exact) mass is 229 g/mol. The molecule has 0 radical (unpaired) electrons. The summed E-state index contributed by atoms with van der Waals surface area (Å²) in [6.45, 7) is 6.35. The molecule has 0 amide bonds. The SMILES string of the molecule is CCC(C)n1nc(-c2cccc(C)c2)cc1N. The Labute approximate surface area is 102 Å². The highest BCUT2D eigenvalue weighted by atomic mass is 15.3. The first-order valence-corrected chi connectivity index (χ1v) is 6.04. The standard InChI is InChI=1S/C14H19N3/c1-4-11(3)17-14(15)9-13(16-17)12-7-5-6-10(2)8-12/h5-9,11H,4,15H2,1-3H3. The van der Waals surface area contributed by atoms with Crippen molar-refractivity contribution in [1.82, 2.24) is 9.78 Å². The van der Waals surface area contributed by atoms with Crippen LogP contribution in [0.1, 0.15) is 31.9 Å². The fourth-order valence-electron chi connectivity index (χ4n) is 1.88. The van der Waals surface area contributed by atoms with Crippen LogP contribution in [0.5, 0.6) is 0 Å². The third kappa shape index (κ3) is 2.33. The van der Waals surface area contributed by atoms with Gasteiger partial charge in [0, 0.05) is 11.6 Å². The Morgan fingerprint density at radius 3 is 2.76 bits per heavy atom. The zero-order valence-electron chi connectivity index (χ0n) is 10.6. The highest BCUT2D eigenvalue weighted by Crippen LogP contribution is 2.24. The van der Waals surface area contributed by atoms with Gasteiger partial charge >= 0.3 is 0 Å². The summed E-state index contributed by atoms with van der Waals surface area (Å²) in [4.78, 5) is 0. The van der Waals surface area contributed by atoms with Gasteiger partial charge in [-0.3, -0.25) is 0 Å². The summed E-state index contributed by atoms with van der Waals surface area (Å²) in [5, 5.41) is 4.58. The summed E-state index contributed by atoms with van der Waals surface area (Å²) in [6, 6.07) is 10.6. The van der Waals surface area contributed by atoms with Gasteiger partial charge in [0.2, 0.25) is 0 Å². The van der Waals surface area contributed by atoms with E-state index in [0.717, 1.165) is 23.5 Å². The Morgan fingerprint density at radius 2 is 2.12 bits per heavy atom. The van der Waals surface area contributed by atoms with Gasteiger partial charge in [0.1, 0.15) is 5.82 Å². The molecule has 2 N–H and O–H groups in total. The fraction of sp³-hybridized carbons (Fsp3) is 0.357. The van der Waals surface area contributed by atoms with E-state index in [1.54, 1.807) is 0 Å². The number of hydrogen-bond acceptors (Lipinski definition) is 2. The Kier molecular flexibility index (Phi) is 3.18. The highest BCUT2D eigenvalue weighted by Gasteiger charge is 2.10. The zero-order valence-corrected chi connectivity index (χ0v) is 10.6. The minimum absolute atomic E-state index is 0.341. The first-order valence-electron chi connectivity index (χ1n) is 6.04. The van der Waals surface area contributed by atoms with Crippen molar-refractivity contribution in [3.05, 3.63) is 35.9 Å². The van der Waals surface area contributed by atoms with Gasteiger partial charge in [-0.1, -0.05) is 30.7 Å². The summed E-state index contributed by atoms with van der Waals surface area (Å²) in [6.07, 6.45) is 1.03. The number of anilines is 1. The van der Waals surface area contributed by atoms with Gasteiger partial charge in [-0.05, 0) is 26.3 Å². The number of nitrogen functional groups attached to an aromatic ring is 1. The molecule has 17 heavy (non-hydrogen) atoms. The molecule has 0 aliphatic heterocycles. The van der Waals surface area contributed by atoms with Gasteiger partial charge in [-0.15, -0.1) is 0 Å². The van der Waals surface area contributed by atoms with Crippen LogP contribution in [-0.2, 0) is 0 Å². The lowest BCUT2D eigenvalue weighted by Crippen LogP contribution is -2.08. The van der Waals surface area contributed by atoms with E-state index in [1.165, 1.54) is 5.56 Å². The molecule has 1 atom stereocenters. The quantitative estimate of drug-likeness (QED) is 0.876. The number of hydrogen-bond donors (Lipinski definition) is 1. The molecular weight excluding hydrogens is 210 g/mol. The Bertz CT molecular complexity index is 514. The normalized spacial score (nSPS) is 12.6. The lowest BCUT2D eigenvalue weighted by Gasteiger charge is -2.10. The minimum atomic E-state index is 0.341. The second kappa shape index (κ2) is 4.62. The number of aryl methyl sites for hydroxylation is 1. The largest absolute Gasteiger partial charge is 0.384 e. The summed E-state index contributed by atoms with van der Waals surface area (Å²) in [5.74, 6) is 0.732. The summed E-state index contributed by atoms with van der Waals surface area (Å²) >= 11 is 0. The van der Waals surface area contributed by atoms with E-state index in [0.29, 0.717) is 6.04 Å². The summed E-state index contributed by atoms with van der Waals surface area (Å²) < 4.78 is 1.90. The third-order valence-electron chi connectivity index (χ3n) is 3.09. The lowest BCUT2D eigenvalue weighted by atomic mass is 10.1. The van der Waals surface area contributed by atoms with E-state index in [2.05, 4.69) is 44.1 Å². The second-order valence-corrected chi connectivity index (χ2v) is 4.53. The van der Waals surface area contributed by atoms with Crippen molar-refractivity contribution in [2.24, 2.45) is 0 Å². The molecule has 1 aromatic heterocycles. The number of rotatable bonds is 3. The van der Waals surface area contributed by atoms with Crippen LogP contribution in [0.4, 0.5) is 5.82 Å². The third-order valence-corrected chi connectivity index (χ3v) is 3.09. The van der Waals surface area contributed by atoms with Crippen molar-refractivity contribution in [3.8, 4) is 11.3 Å². The molecule has 0 aliphatic rings. The Morgan fingerprint density at radius 1 is 1.35 bits per heavy atom. The van der Waals surface area contributed by atoms with Crippen molar-refractivity contribution in [1.29, 1.82) is 0 Å². The summed E-state index contributed by atoms with van der Waals surface area (Å²) in [5.41, 5.74) is 9.30. The molecule has 1 unspecified atom stereocenters. The highest BCUT2D eigenvalue weighted by molar-refractivity contribution is 5.63. The van der Waals surface area contributed by atoms with Crippen LogP contribution < -0.4 is 5.73 Å². The predicted octanol–water partition coefficient (Wildman–Crippen LogP) is 3.41. The molecule has 0 aliphatic carbocycles. The molecule has 1 heterocycles. The molecular formula is C14H19N3. The first kappa shape index (κ1) is 11.7. The molecule has 1 aromatic carbocycles. The van der Waals surface area contributed by atoms with E-state index >= 15 is 0 Å². The van der Waals surface area contributed by atoms with E-state index < -0.39 is 0 Å². The van der Waals surface area contributed by atoms with Crippen molar-refractivity contribution in [2.75, 3.05) is 5.73 Å². The molecule has 0 saturated heterocycles. The van der Waals surface area contributed by atoms with E-state index in [4.69, 9.17) is 5.73 Å². The number of aromatic nitrogens is 2. The molecule has 0 bridgehead atoms. The summed E-state index contributed by atoms with van der Waals surface area (Å²) in [7, 11) is 0. The molecule has 3 nitrogen and oxygen atoms in total. The van der Waals surface area contributed by atoms with Crippen LogP contribution in [0.25, 0.3) is 11.3 Å². The average Bonchev–Trinajstić information content (AvgIpc) is 2.70. The predicted molar refractivity (Wildman–Crippen MR) is 71.8 cm³/mol. The van der Waals surface area contributed by atoms with E-state index in [9.17, 15) is 0 Å². The van der Waals surface area contributed by atoms with Gasteiger partial charge in [-0.2, -0.15) is 5.10 Å². The van der Waals surface area contributed by atoms with Crippen LogP contribution in [0.3, 0.4) is 0 Å². The van der Waals surface area contributed by atoms with Crippen molar-refractivity contribution in [2.45, 2.75) is 33.2 Å². The topological polar surface area (TPSA) is 43.8 Å².